The summed E-state index contributed by atoms with van der Waals surface area (Å²) in [5.74, 6) is 0. The Labute approximate surface area is 161 Å². The summed E-state index contributed by atoms with van der Waals surface area (Å²) < 4.78 is 3.80. The number of fused-ring (bicyclic) bond motifs is 2. The predicted octanol–water partition coefficient (Wildman–Crippen LogP) is -0.354. The predicted molar refractivity (Wildman–Crippen MR) is 86.8 cm³/mol. The molecular formula is C18H26Cl2SiZr. The first kappa shape index (κ1) is 20.7. The Hall–Kier alpha value is 0.640. The molecule has 0 saturated heterocycles. The molecule has 0 aromatic heterocycles. The molecule has 3 aliphatic rings. The molecule has 0 saturated carbocycles. The van der Waals surface area contributed by atoms with Gasteiger partial charge in [-0.2, -0.15) is 0 Å². The Bertz CT molecular complexity index is 575. The van der Waals surface area contributed by atoms with E-state index in [4.69, 9.17) is 0 Å². The fourth-order valence-electron chi connectivity index (χ4n) is 5.02. The summed E-state index contributed by atoms with van der Waals surface area (Å²) in [7, 11) is -1.48. The number of hydrogen-bond donors (Lipinski definition) is 0. The summed E-state index contributed by atoms with van der Waals surface area (Å²) in [4.78, 5) is 0. The van der Waals surface area contributed by atoms with Crippen LogP contribution < -0.4 is 24.8 Å². The Balaban J connectivity index is 0.00000121. The zero-order valence-electron chi connectivity index (χ0n) is 14.6. The van der Waals surface area contributed by atoms with Crippen molar-refractivity contribution < 1.29 is 48.0 Å². The molecule has 3 rings (SSSR count). The quantitative estimate of drug-likeness (QED) is 0.523. The molecule has 22 heavy (non-hydrogen) atoms. The molecule has 0 fully saturated rings. The number of rotatable bonds is 2. The normalized spacial score (nSPS) is 21.9. The third-order valence-corrected chi connectivity index (χ3v) is 15.1. The minimum absolute atomic E-state index is 0. The smallest absolute Gasteiger partial charge is 1.00 e. The fraction of sp³-hybridized carbons (Fsp3) is 0.556. The topological polar surface area (TPSA) is 0 Å². The van der Waals surface area contributed by atoms with Gasteiger partial charge in [-0.25, -0.2) is 0 Å². The molecule has 4 heteroatoms. The molecule has 0 amide bonds. The first-order valence-electron chi connectivity index (χ1n) is 7.97. The third-order valence-electron chi connectivity index (χ3n) is 5.55. The Morgan fingerprint density at radius 1 is 0.864 bits per heavy atom. The fourth-order valence-corrected chi connectivity index (χ4v) is 15.6. The minimum atomic E-state index is -1.48. The van der Waals surface area contributed by atoms with Crippen LogP contribution in [0.1, 0.15) is 53.9 Å². The molecule has 0 N–H and O–H groups in total. The van der Waals surface area contributed by atoms with Gasteiger partial charge in [0.15, 0.2) is 0 Å². The molecule has 0 spiro atoms. The van der Waals surface area contributed by atoms with Crippen LogP contribution in [-0.4, -0.2) is 8.07 Å². The van der Waals surface area contributed by atoms with Crippen LogP contribution in [0.4, 0.5) is 0 Å². The number of halogens is 2. The van der Waals surface area contributed by atoms with Crippen LogP contribution in [0.5, 0.6) is 0 Å². The average Bonchev–Trinajstić information content (AvgIpc) is 2.79. The number of hydrogen-bond acceptors (Lipinski definition) is 0. The third kappa shape index (κ3) is 2.87. The minimum Gasteiger partial charge on any atom is -1.00 e. The van der Waals surface area contributed by atoms with Crippen molar-refractivity contribution in [3.8, 4) is 0 Å². The van der Waals surface area contributed by atoms with Crippen molar-refractivity contribution in [1.82, 2.24) is 0 Å². The molecule has 0 aromatic rings. The summed E-state index contributed by atoms with van der Waals surface area (Å²) in [5.41, 5.74) is 6.99. The van der Waals surface area contributed by atoms with E-state index < -0.39 is 31.3 Å². The average molecular weight is 433 g/mol. The molecule has 1 heterocycles. The molecule has 4 bridgehead atoms. The molecule has 120 valence electrons. The van der Waals surface area contributed by atoms with Crippen LogP contribution in [-0.2, 0) is 23.2 Å². The van der Waals surface area contributed by atoms with Crippen molar-refractivity contribution in [3.63, 3.8) is 0 Å². The second kappa shape index (κ2) is 7.26. The van der Waals surface area contributed by atoms with Gasteiger partial charge in [0, 0.05) is 0 Å². The Morgan fingerprint density at radius 3 is 1.64 bits per heavy atom. The van der Waals surface area contributed by atoms with Crippen molar-refractivity contribution in [3.05, 3.63) is 39.2 Å². The van der Waals surface area contributed by atoms with Crippen molar-refractivity contribution >= 4 is 8.07 Å². The van der Waals surface area contributed by atoms with Gasteiger partial charge in [-0.3, -0.25) is 0 Å². The summed E-state index contributed by atoms with van der Waals surface area (Å²) in [6.45, 7) is 14.8. The van der Waals surface area contributed by atoms with Gasteiger partial charge in [0.2, 0.25) is 0 Å². The molecule has 0 aromatic carbocycles. The molecule has 0 unspecified atom stereocenters. The van der Waals surface area contributed by atoms with Crippen molar-refractivity contribution in [2.24, 2.45) is 0 Å². The molecule has 0 atom stereocenters. The van der Waals surface area contributed by atoms with E-state index in [1.807, 2.05) is 17.0 Å². The van der Waals surface area contributed by atoms with Crippen LogP contribution in [0.3, 0.4) is 0 Å². The second-order valence-electron chi connectivity index (χ2n) is 7.08. The summed E-state index contributed by atoms with van der Waals surface area (Å²) in [5, 5.41) is 3.73. The van der Waals surface area contributed by atoms with Crippen LogP contribution in [0.15, 0.2) is 39.2 Å². The van der Waals surface area contributed by atoms with E-state index in [9.17, 15) is 0 Å². The van der Waals surface area contributed by atoms with E-state index >= 15 is 0 Å². The second-order valence-corrected chi connectivity index (χ2v) is 14.8. The Morgan fingerprint density at radius 2 is 1.27 bits per heavy atom. The van der Waals surface area contributed by atoms with Gasteiger partial charge < -0.3 is 24.8 Å². The van der Waals surface area contributed by atoms with Gasteiger partial charge in [-0.05, 0) is 0 Å². The first-order valence-corrected chi connectivity index (χ1v) is 13.1. The maximum atomic E-state index is 2.67. The molecule has 1 aliphatic heterocycles. The van der Waals surface area contributed by atoms with Crippen LogP contribution >= 0.6 is 0 Å². The van der Waals surface area contributed by atoms with Gasteiger partial charge in [0.25, 0.3) is 0 Å². The first-order chi connectivity index (χ1) is 9.40. The van der Waals surface area contributed by atoms with Crippen molar-refractivity contribution in [2.45, 2.75) is 66.5 Å². The van der Waals surface area contributed by atoms with Crippen molar-refractivity contribution in [2.75, 3.05) is 0 Å². The van der Waals surface area contributed by atoms with E-state index in [1.54, 1.807) is 22.3 Å². The molecular weight excluding hydrogens is 406 g/mol. The monoisotopic (exact) mass is 430 g/mol. The van der Waals surface area contributed by atoms with E-state index in [2.05, 4.69) is 41.2 Å². The van der Waals surface area contributed by atoms with Crippen LogP contribution in [0, 0.1) is 0 Å². The number of allylic oxidation sites excluding steroid dienone is 8. The summed E-state index contributed by atoms with van der Waals surface area (Å²) >= 11 is -0.475. The van der Waals surface area contributed by atoms with Gasteiger partial charge in [-0.15, -0.1) is 0 Å². The molecule has 0 radical (unpaired) electrons. The Kier molecular flexibility index (Phi) is 6.82. The molecule has 0 nitrogen and oxygen atoms in total. The zero-order chi connectivity index (χ0) is 14.7. The maximum absolute atomic E-state index is 2.67. The van der Waals surface area contributed by atoms with E-state index in [-0.39, 0.29) is 24.8 Å². The van der Waals surface area contributed by atoms with Gasteiger partial charge in [0.1, 0.15) is 0 Å². The van der Waals surface area contributed by atoms with Crippen molar-refractivity contribution in [1.29, 1.82) is 0 Å². The van der Waals surface area contributed by atoms with E-state index in [0.29, 0.717) is 0 Å². The van der Waals surface area contributed by atoms with Gasteiger partial charge >= 0.3 is 137 Å². The SMILES string of the molecule is CCC[Si]1(C)C2=C(C)C[C](=C2C)[Zr+2][C]2=C(C)C1=C(C)C2.[Cl-].[Cl-]. The van der Waals surface area contributed by atoms with Crippen LogP contribution in [0.25, 0.3) is 0 Å². The van der Waals surface area contributed by atoms with Gasteiger partial charge in [0.05, 0.1) is 0 Å². The van der Waals surface area contributed by atoms with Gasteiger partial charge in [-0.1, -0.05) is 0 Å². The standard InChI is InChI=1S/C18H26Si.2ClH.Zr/c1-7-12-19(6,17-13(2)8-9-14(17)3)18-15(4)10-11-16(18)5;;;/h7-8,10,12H2,1-6H3;2*1H;/q;;;+2/p-2. The molecule has 2 aliphatic carbocycles. The van der Waals surface area contributed by atoms with Crippen LogP contribution in [0.2, 0.25) is 12.6 Å². The maximum Gasteiger partial charge on any atom is -1.00 e. The van der Waals surface area contributed by atoms with E-state index in [0.717, 1.165) is 0 Å². The van der Waals surface area contributed by atoms with E-state index in [1.165, 1.54) is 25.3 Å². The summed E-state index contributed by atoms with van der Waals surface area (Å²) in [6.07, 6.45) is 4.01. The zero-order valence-corrected chi connectivity index (χ0v) is 19.6. The largest absolute Gasteiger partial charge is 1.00 e. The summed E-state index contributed by atoms with van der Waals surface area (Å²) in [6, 6.07) is 1.44.